The molecule has 7 atom stereocenters. The van der Waals surface area contributed by atoms with Crippen LogP contribution in [-0.2, 0) is 76.4 Å². The second-order valence-electron chi connectivity index (χ2n) is 20.1. The first-order valence-corrected chi connectivity index (χ1v) is 27.5. The second kappa shape index (κ2) is 27.1. The molecule has 2 aliphatic heterocycles. The molecule has 0 radical (unpaired) electrons. The quantitative estimate of drug-likeness (QED) is 0.0582. The molecule has 10 nitrogen and oxygen atoms in total. The molecule has 80 heavy (non-hydrogen) atoms. The summed E-state index contributed by atoms with van der Waals surface area (Å²) in [5, 5.41) is 0. The van der Waals surface area contributed by atoms with Crippen LogP contribution in [0.25, 0.3) is 0 Å². The zero-order valence-electron chi connectivity index (χ0n) is 44.9. The number of ether oxygens (including phenoxy) is 10. The first-order chi connectivity index (χ1) is 39.5. The third-order valence-corrected chi connectivity index (χ3v) is 14.3. The SMILES string of the molecule is CC1O[C@@H](O[C@H]2Cc3c(OCc4ccccc4)cc(OCc4ccccc4)cc3O[C@@H]2c2ccc(OCc3ccccc3)c(OCc3ccccc3)c2)C(OCc2ccccc2)[C@@H](OCc2ccccc2)[C@H]1OCc1ccccc1. The molecule has 9 aromatic rings. The highest BCUT2D eigenvalue weighted by Gasteiger charge is 2.50. The Morgan fingerprint density at radius 3 is 1.25 bits per heavy atom. The maximum atomic E-state index is 7.51. The molecule has 0 saturated carbocycles. The van der Waals surface area contributed by atoms with Gasteiger partial charge in [0.15, 0.2) is 23.9 Å². The first-order valence-electron chi connectivity index (χ1n) is 27.5. The fourth-order valence-corrected chi connectivity index (χ4v) is 10.1. The van der Waals surface area contributed by atoms with Crippen molar-refractivity contribution < 1.29 is 47.4 Å². The topological polar surface area (TPSA) is 92.3 Å². The van der Waals surface area contributed by atoms with Crippen LogP contribution in [-0.4, -0.2) is 36.8 Å². The number of fused-ring (bicyclic) bond motifs is 1. The minimum absolute atomic E-state index is 0.267. The van der Waals surface area contributed by atoms with Crippen molar-refractivity contribution in [1.29, 1.82) is 0 Å². The average Bonchev–Trinajstić information content (AvgIpc) is 3.54. The lowest BCUT2D eigenvalue weighted by atomic mass is 9.92. The lowest BCUT2D eigenvalue weighted by Gasteiger charge is -2.47. The summed E-state index contributed by atoms with van der Waals surface area (Å²) in [6.07, 6.45) is -4.47. The van der Waals surface area contributed by atoms with Crippen molar-refractivity contribution in [2.45, 2.75) is 103 Å². The molecule has 9 aromatic carbocycles. The van der Waals surface area contributed by atoms with E-state index in [0.717, 1.165) is 50.1 Å². The van der Waals surface area contributed by atoms with Crippen LogP contribution in [0.5, 0.6) is 28.7 Å². The predicted octanol–water partition coefficient (Wildman–Crippen LogP) is 14.6. The van der Waals surface area contributed by atoms with Gasteiger partial charge in [-0.1, -0.05) is 218 Å². The Kier molecular flexibility index (Phi) is 18.2. The molecule has 0 bridgehead atoms. The minimum atomic E-state index is -0.965. The van der Waals surface area contributed by atoms with Crippen LogP contribution in [0.2, 0.25) is 0 Å². The molecule has 2 heterocycles. The van der Waals surface area contributed by atoms with Gasteiger partial charge in [0.2, 0.25) is 0 Å². The van der Waals surface area contributed by atoms with Crippen molar-refractivity contribution in [3.63, 3.8) is 0 Å². The summed E-state index contributed by atoms with van der Waals surface area (Å²) in [6, 6.07) is 80.7. The fraction of sp³-hybridized carbons (Fsp3) is 0.229. The van der Waals surface area contributed by atoms with Crippen LogP contribution in [0.3, 0.4) is 0 Å². The summed E-state index contributed by atoms with van der Waals surface area (Å²) in [5.41, 5.74) is 8.76. The van der Waals surface area contributed by atoms with Gasteiger partial charge >= 0.3 is 0 Å². The summed E-state index contributed by atoms with van der Waals surface area (Å²) in [5.74, 6) is 2.97. The lowest BCUT2D eigenvalue weighted by molar-refractivity contribution is -0.333. The summed E-state index contributed by atoms with van der Waals surface area (Å²) in [6.45, 7) is 4.28. The van der Waals surface area contributed by atoms with Crippen LogP contribution in [0.4, 0.5) is 0 Å². The van der Waals surface area contributed by atoms with Crippen molar-refractivity contribution in [2.24, 2.45) is 0 Å². The third kappa shape index (κ3) is 14.3. The zero-order chi connectivity index (χ0) is 54.1. The molecular formula is C70H66O10. The Labute approximate surface area is 469 Å². The van der Waals surface area contributed by atoms with Gasteiger partial charge in [-0.2, -0.15) is 0 Å². The van der Waals surface area contributed by atoms with E-state index in [0.29, 0.717) is 74.8 Å². The van der Waals surface area contributed by atoms with Crippen LogP contribution in [0, 0.1) is 0 Å². The smallest absolute Gasteiger partial charge is 0.187 e. The monoisotopic (exact) mass is 1070 g/mol. The molecule has 406 valence electrons. The van der Waals surface area contributed by atoms with Crippen molar-refractivity contribution in [1.82, 2.24) is 0 Å². The number of rotatable bonds is 24. The van der Waals surface area contributed by atoms with Crippen molar-refractivity contribution in [3.05, 3.63) is 293 Å². The highest BCUT2D eigenvalue weighted by molar-refractivity contribution is 5.54. The van der Waals surface area contributed by atoms with Gasteiger partial charge < -0.3 is 47.4 Å². The van der Waals surface area contributed by atoms with Crippen LogP contribution >= 0.6 is 0 Å². The summed E-state index contributed by atoms with van der Waals surface area (Å²) in [4.78, 5) is 0. The van der Waals surface area contributed by atoms with E-state index >= 15 is 0 Å². The Morgan fingerprint density at radius 1 is 0.375 bits per heavy atom. The first kappa shape index (κ1) is 53.8. The van der Waals surface area contributed by atoms with E-state index in [1.165, 1.54) is 0 Å². The van der Waals surface area contributed by atoms with Crippen molar-refractivity contribution >= 4 is 0 Å². The Balaban J connectivity index is 0.986. The molecular weight excluding hydrogens is 1000 g/mol. The highest BCUT2D eigenvalue weighted by Crippen LogP contribution is 2.46. The molecule has 0 N–H and O–H groups in total. The van der Waals surface area contributed by atoms with Gasteiger partial charge in [0.25, 0.3) is 0 Å². The van der Waals surface area contributed by atoms with Gasteiger partial charge in [0.05, 0.1) is 25.9 Å². The van der Waals surface area contributed by atoms with E-state index < -0.39 is 42.9 Å². The Bertz CT molecular complexity index is 3280. The van der Waals surface area contributed by atoms with Crippen LogP contribution in [0.1, 0.15) is 63.1 Å². The standard InChI is InChI=1S/C70H66O10/c1-50-66(75-47-55-31-17-6-18-32-55)68(76-48-56-33-19-7-20-34-56)69(77-49-57-35-21-8-22-36-57)70(78-50)80-65-42-60-62(73-45-53-27-13-4-14-28-53)40-59(71-43-51-23-9-2-10-24-51)41-63(60)79-67(65)58-37-38-61(72-44-52-25-11-3-12-26-52)64(39-58)74-46-54-29-15-5-16-30-54/h2-41,50,65-70H,42-49H2,1H3/t50?,65-,66-,67+,68-,69?,70-/m0/s1. The van der Waals surface area contributed by atoms with E-state index in [-0.39, 0.29) is 6.61 Å². The summed E-state index contributed by atoms with van der Waals surface area (Å²) in [7, 11) is 0. The van der Waals surface area contributed by atoms with Crippen LogP contribution < -0.4 is 23.7 Å². The predicted molar refractivity (Wildman–Crippen MR) is 307 cm³/mol. The van der Waals surface area contributed by atoms with E-state index in [9.17, 15) is 0 Å². The molecule has 0 aromatic heterocycles. The normalized spacial score (nSPS) is 19.5. The molecule has 1 saturated heterocycles. The van der Waals surface area contributed by atoms with Crippen molar-refractivity contribution in [3.8, 4) is 28.7 Å². The summed E-state index contributed by atoms with van der Waals surface area (Å²) < 4.78 is 69.4. The minimum Gasteiger partial charge on any atom is -0.489 e. The second-order valence-corrected chi connectivity index (χ2v) is 20.1. The van der Waals surface area contributed by atoms with Gasteiger partial charge in [-0.3, -0.25) is 0 Å². The highest BCUT2D eigenvalue weighted by atomic mass is 16.7. The van der Waals surface area contributed by atoms with E-state index in [1.54, 1.807) is 0 Å². The number of benzene rings is 9. The fourth-order valence-electron chi connectivity index (χ4n) is 10.1. The van der Waals surface area contributed by atoms with Gasteiger partial charge in [-0.25, -0.2) is 0 Å². The Morgan fingerprint density at radius 2 is 0.775 bits per heavy atom. The van der Waals surface area contributed by atoms with E-state index in [4.69, 9.17) is 47.4 Å². The van der Waals surface area contributed by atoms with E-state index in [1.807, 2.05) is 213 Å². The lowest BCUT2D eigenvalue weighted by Crippen LogP contribution is -2.61. The maximum Gasteiger partial charge on any atom is 0.187 e. The molecule has 2 aliphatic rings. The molecule has 1 fully saturated rings. The van der Waals surface area contributed by atoms with Crippen LogP contribution in [0.15, 0.2) is 243 Å². The molecule has 11 rings (SSSR count). The third-order valence-electron chi connectivity index (χ3n) is 14.3. The van der Waals surface area contributed by atoms with Gasteiger partial charge in [0, 0.05) is 24.1 Å². The number of hydrogen-bond acceptors (Lipinski definition) is 10. The van der Waals surface area contributed by atoms with Gasteiger partial charge in [0.1, 0.15) is 68.1 Å². The Hall–Kier alpha value is -8.22. The zero-order valence-corrected chi connectivity index (χ0v) is 44.9. The van der Waals surface area contributed by atoms with Gasteiger partial charge in [-0.05, 0) is 63.6 Å². The van der Waals surface area contributed by atoms with Crippen molar-refractivity contribution in [2.75, 3.05) is 0 Å². The molecule has 10 heteroatoms. The maximum absolute atomic E-state index is 7.51. The summed E-state index contributed by atoms with van der Waals surface area (Å²) >= 11 is 0. The molecule has 0 amide bonds. The number of hydrogen-bond donors (Lipinski definition) is 0. The molecule has 0 aliphatic carbocycles. The largest absolute Gasteiger partial charge is 0.489 e. The van der Waals surface area contributed by atoms with E-state index in [2.05, 4.69) is 36.4 Å². The average molecular weight is 1070 g/mol. The molecule has 2 unspecified atom stereocenters. The molecule has 0 spiro atoms. The van der Waals surface area contributed by atoms with Gasteiger partial charge in [-0.15, -0.1) is 0 Å².